The molecule has 0 atom stereocenters. The Morgan fingerprint density at radius 1 is 0.291 bits per heavy atom. The minimum absolute atomic E-state index is 0.897. The summed E-state index contributed by atoms with van der Waals surface area (Å²) in [5, 5.41) is 7.01. The van der Waals surface area contributed by atoms with Crippen molar-refractivity contribution >= 4 is 71.7 Å². The quantitative estimate of drug-likeness (QED) is 0.173. The van der Waals surface area contributed by atoms with Gasteiger partial charge in [-0.1, -0.05) is 133 Å². The van der Waals surface area contributed by atoms with Gasteiger partial charge in [0.2, 0.25) is 0 Å². The Morgan fingerprint density at radius 3 is 1.67 bits per heavy atom. The monoisotopic (exact) mass is 703 g/mol. The third-order valence-corrected chi connectivity index (χ3v) is 10.9. The number of benzene rings is 9. The van der Waals surface area contributed by atoms with Crippen molar-refractivity contribution in [3.05, 3.63) is 200 Å². The summed E-state index contributed by atoms with van der Waals surface area (Å²) in [4.78, 5) is 2.35. The van der Waals surface area contributed by atoms with Crippen LogP contribution in [0.5, 0.6) is 0 Å². The Balaban J connectivity index is 1.02. The van der Waals surface area contributed by atoms with Crippen molar-refractivity contribution in [3.8, 4) is 33.4 Å². The van der Waals surface area contributed by atoms with Gasteiger partial charge in [0, 0.05) is 38.6 Å². The molecule has 0 aliphatic rings. The van der Waals surface area contributed by atoms with Crippen LogP contribution < -0.4 is 4.90 Å². The van der Waals surface area contributed by atoms with Gasteiger partial charge in [0.15, 0.2) is 0 Å². The summed E-state index contributed by atoms with van der Waals surface area (Å²) >= 11 is 0. The second-order valence-electron chi connectivity index (χ2n) is 14.1. The summed E-state index contributed by atoms with van der Waals surface area (Å²) < 4.78 is 12.5. The van der Waals surface area contributed by atoms with Gasteiger partial charge in [-0.15, -0.1) is 0 Å². The predicted octanol–water partition coefficient (Wildman–Crippen LogP) is 15.1. The smallest absolute Gasteiger partial charge is 0.136 e. The molecule has 0 fully saturated rings. The van der Waals surface area contributed by atoms with Crippen molar-refractivity contribution in [1.82, 2.24) is 0 Å². The Kier molecular flexibility index (Phi) is 7.17. The van der Waals surface area contributed by atoms with E-state index < -0.39 is 0 Å². The van der Waals surface area contributed by atoms with Gasteiger partial charge in [-0.05, 0) is 111 Å². The lowest BCUT2D eigenvalue weighted by molar-refractivity contribution is 0.668. The number of rotatable bonds is 6. The fourth-order valence-corrected chi connectivity index (χ4v) is 8.25. The molecule has 0 saturated carbocycles. The van der Waals surface area contributed by atoms with Crippen LogP contribution in [0.4, 0.5) is 17.1 Å². The second-order valence-corrected chi connectivity index (χ2v) is 14.1. The molecular weight excluding hydrogens is 671 g/mol. The largest absolute Gasteiger partial charge is 0.456 e. The molecule has 2 heterocycles. The molecule has 0 unspecified atom stereocenters. The van der Waals surface area contributed by atoms with Crippen LogP contribution in [-0.4, -0.2) is 0 Å². The number of nitrogens with zero attached hydrogens (tertiary/aromatic N) is 1. The molecule has 11 rings (SSSR count). The molecule has 0 amide bonds. The van der Waals surface area contributed by atoms with Gasteiger partial charge in [0.25, 0.3) is 0 Å². The first-order valence-electron chi connectivity index (χ1n) is 18.7. The number of para-hydroxylation sites is 2. The Hall–Kier alpha value is -7.36. The highest BCUT2D eigenvalue weighted by molar-refractivity contribution is 6.12. The summed E-state index contributed by atoms with van der Waals surface area (Å²) in [6.45, 7) is 0. The van der Waals surface area contributed by atoms with E-state index in [2.05, 4.69) is 181 Å². The lowest BCUT2D eigenvalue weighted by Gasteiger charge is -2.26. The van der Waals surface area contributed by atoms with E-state index in [1.165, 1.54) is 21.9 Å². The molecule has 11 aromatic rings. The molecule has 0 radical (unpaired) electrons. The molecule has 0 bridgehead atoms. The summed E-state index contributed by atoms with van der Waals surface area (Å²) in [6, 6.07) is 71.1. The van der Waals surface area contributed by atoms with Crippen LogP contribution in [0.25, 0.3) is 88.0 Å². The molecule has 2 aromatic heterocycles. The molecule has 9 aromatic carbocycles. The molecule has 3 nitrogen and oxygen atoms in total. The summed E-state index contributed by atoms with van der Waals surface area (Å²) in [5.74, 6) is 0. The average Bonchev–Trinajstić information content (AvgIpc) is 3.82. The van der Waals surface area contributed by atoms with E-state index in [-0.39, 0.29) is 0 Å². The molecule has 258 valence electrons. The molecule has 0 saturated heterocycles. The normalized spacial score (nSPS) is 11.6. The van der Waals surface area contributed by atoms with Crippen molar-refractivity contribution in [2.45, 2.75) is 0 Å². The van der Waals surface area contributed by atoms with Gasteiger partial charge in [0.05, 0.1) is 0 Å². The molecule has 55 heavy (non-hydrogen) atoms. The molecular formula is C52H33NO2. The van der Waals surface area contributed by atoms with E-state index in [0.29, 0.717) is 0 Å². The van der Waals surface area contributed by atoms with E-state index in [1.54, 1.807) is 0 Å². The second kappa shape index (κ2) is 12.6. The van der Waals surface area contributed by atoms with E-state index in [0.717, 1.165) is 83.2 Å². The number of furan rings is 2. The minimum atomic E-state index is 0.897. The Labute approximate surface area is 317 Å². The van der Waals surface area contributed by atoms with Crippen LogP contribution in [0.15, 0.2) is 209 Å². The van der Waals surface area contributed by atoms with Crippen LogP contribution in [0.2, 0.25) is 0 Å². The van der Waals surface area contributed by atoms with Crippen molar-refractivity contribution < 1.29 is 8.83 Å². The van der Waals surface area contributed by atoms with Crippen molar-refractivity contribution in [2.75, 3.05) is 4.90 Å². The van der Waals surface area contributed by atoms with Crippen molar-refractivity contribution in [1.29, 1.82) is 0 Å². The van der Waals surface area contributed by atoms with E-state index >= 15 is 0 Å². The van der Waals surface area contributed by atoms with Crippen LogP contribution >= 0.6 is 0 Å². The SMILES string of the molecule is c1cc(-c2cccc3ccccc23)cc(N(c2ccc(-c3ccc4c(c3)oc3ccccc34)cc2)c2ccc(-c3cccc4oc5ccccc5c34)cc2)c1. The average molecular weight is 704 g/mol. The highest BCUT2D eigenvalue weighted by Crippen LogP contribution is 2.42. The Bertz CT molecular complexity index is 3200. The summed E-state index contributed by atoms with van der Waals surface area (Å²) in [7, 11) is 0. The third-order valence-electron chi connectivity index (χ3n) is 10.9. The predicted molar refractivity (Wildman–Crippen MR) is 229 cm³/mol. The van der Waals surface area contributed by atoms with E-state index in [1.807, 2.05) is 24.3 Å². The fourth-order valence-electron chi connectivity index (χ4n) is 8.25. The number of anilines is 3. The van der Waals surface area contributed by atoms with Gasteiger partial charge >= 0.3 is 0 Å². The lowest BCUT2D eigenvalue weighted by Crippen LogP contribution is -2.10. The zero-order chi connectivity index (χ0) is 36.3. The van der Waals surface area contributed by atoms with Gasteiger partial charge in [-0.3, -0.25) is 0 Å². The first-order valence-corrected chi connectivity index (χ1v) is 18.7. The third kappa shape index (κ3) is 5.28. The first kappa shape index (κ1) is 31.2. The molecule has 0 N–H and O–H groups in total. The zero-order valence-corrected chi connectivity index (χ0v) is 29.8. The maximum Gasteiger partial charge on any atom is 0.136 e. The maximum atomic E-state index is 6.23. The van der Waals surface area contributed by atoms with Gasteiger partial charge in [0.1, 0.15) is 22.3 Å². The fraction of sp³-hybridized carbons (Fsp3) is 0. The number of fused-ring (bicyclic) bond motifs is 7. The number of hydrogen-bond donors (Lipinski definition) is 0. The molecule has 0 spiro atoms. The van der Waals surface area contributed by atoms with Gasteiger partial charge in [-0.25, -0.2) is 0 Å². The number of hydrogen-bond acceptors (Lipinski definition) is 3. The van der Waals surface area contributed by atoms with Crippen molar-refractivity contribution in [3.63, 3.8) is 0 Å². The van der Waals surface area contributed by atoms with Crippen LogP contribution in [0.1, 0.15) is 0 Å². The molecule has 3 heteroatoms. The lowest BCUT2D eigenvalue weighted by atomic mass is 9.97. The first-order chi connectivity index (χ1) is 27.2. The highest BCUT2D eigenvalue weighted by atomic mass is 16.3. The van der Waals surface area contributed by atoms with Crippen LogP contribution in [-0.2, 0) is 0 Å². The van der Waals surface area contributed by atoms with Crippen LogP contribution in [0.3, 0.4) is 0 Å². The minimum Gasteiger partial charge on any atom is -0.456 e. The van der Waals surface area contributed by atoms with E-state index in [4.69, 9.17) is 8.83 Å². The van der Waals surface area contributed by atoms with E-state index in [9.17, 15) is 0 Å². The summed E-state index contributed by atoms with van der Waals surface area (Å²) in [6.07, 6.45) is 0. The van der Waals surface area contributed by atoms with Gasteiger partial charge in [-0.2, -0.15) is 0 Å². The van der Waals surface area contributed by atoms with Crippen LogP contribution in [0, 0.1) is 0 Å². The molecule has 0 aliphatic heterocycles. The highest BCUT2D eigenvalue weighted by Gasteiger charge is 2.17. The van der Waals surface area contributed by atoms with Crippen molar-refractivity contribution in [2.24, 2.45) is 0 Å². The zero-order valence-electron chi connectivity index (χ0n) is 29.8. The molecule has 0 aliphatic carbocycles. The Morgan fingerprint density at radius 2 is 0.855 bits per heavy atom. The topological polar surface area (TPSA) is 29.5 Å². The van der Waals surface area contributed by atoms with Gasteiger partial charge < -0.3 is 13.7 Å². The standard InChI is InChI=1S/C52H33NO2/c1-2-14-42-35(10-1)11-8-17-43(42)38-12-7-13-41(32-38)53(39-27-22-34(23-28-39)37-26-31-46-45-15-3-5-19-48(45)55-51(46)33-37)40-29-24-36(25-30-40)44-18-9-21-50-52(44)47-16-4-6-20-49(47)54-50/h1-33H. The maximum absolute atomic E-state index is 6.23. The summed E-state index contributed by atoms with van der Waals surface area (Å²) in [5.41, 5.74) is 13.8.